The lowest BCUT2D eigenvalue weighted by Crippen LogP contribution is -2.54. The number of hydrogen-bond donors (Lipinski definition) is 1. The first-order chi connectivity index (χ1) is 14.9. The van der Waals surface area contributed by atoms with Crippen LogP contribution in [0.5, 0.6) is 0 Å². The molecule has 0 bridgehead atoms. The third kappa shape index (κ3) is 4.27. The van der Waals surface area contributed by atoms with Crippen molar-refractivity contribution >= 4 is 23.5 Å². The summed E-state index contributed by atoms with van der Waals surface area (Å²) in [6.45, 7) is 4.46. The third-order valence-corrected chi connectivity index (χ3v) is 7.30. The lowest BCUT2D eigenvalue weighted by atomic mass is 9.73. The average Bonchev–Trinajstić information content (AvgIpc) is 3.01. The lowest BCUT2D eigenvalue weighted by molar-refractivity contribution is -0.140. The Hall–Kier alpha value is -2.57. The van der Waals surface area contributed by atoms with Gasteiger partial charge < -0.3 is 15.1 Å². The van der Waals surface area contributed by atoms with Crippen molar-refractivity contribution in [1.29, 1.82) is 0 Å². The van der Waals surface area contributed by atoms with Crippen LogP contribution in [-0.4, -0.2) is 59.9 Å². The number of nitrogens with zero attached hydrogens (tertiary/aromatic N) is 3. The zero-order valence-electron chi connectivity index (χ0n) is 18.7. The number of benzene rings is 1. The van der Waals surface area contributed by atoms with Gasteiger partial charge in [-0.05, 0) is 55.7 Å². The van der Waals surface area contributed by atoms with Gasteiger partial charge in [0.1, 0.15) is 12.1 Å². The SMILES string of the molecule is CC1CCCCC12NC(=O)N(CC(=O)N(C)Cc1ccc(N3CCCCC3)cc1)C2=O. The first-order valence-corrected chi connectivity index (χ1v) is 11.6. The molecule has 2 atom stereocenters. The zero-order valence-corrected chi connectivity index (χ0v) is 18.7. The molecule has 3 fully saturated rings. The van der Waals surface area contributed by atoms with E-state index >= 15 is 0 Å². The van der Waals surface area contributed by atoms with Gasteiger partial charge >= 0.3 is 6.03 Å². The highest BCUT2D eigenvalue weighted by atomic mass is 16.2. The summed E-state index contributed by atoms with van der Waals surface area (Å²) < 4.78 is 0. The number of likely N-dealkylation sites (N-methyl/N-ethyl adjacent to an activating group) is 1. The van der Waals surface area contributed by atoms with Crippen molar-refractivity contribution in [2.24, 2.45) is 5.92 Å². The molecule has 1 aromatic rings. The Morgan fingerprint density at radius 2 is 1.81 bits per heavy atom. The Morgan fingerprint density at radius 3 is 2.48 bits per heavy atom. The highest BCUT2D eigenvalue weighted by molar-refractivity contribution is 6.09. The minimum absolute atomic E-state index is 0.0916. The van der Waals surface area contributed by atoms with E-state index in [1.54, 1.807) is 11.9 Å². The lowest BCUT2D eigenvalue weighted by Gasteiger charge is -2.36. The van der Waals surface area contributed by atoms with Gasteiger partial charge in [0, 0.05) is 32.4 Å². The van der Waals surface area contributed by atoms with Crippen molar-refractivity contribution in [3.8, 4) is 0 Å². The number of imide groups is 1. The number of piperidine rings is 1. The number of anilines is 1. The molecule has 1 aliphatic carbocycles. The van der Waals surface area contributed by atoms with Gasteiger partial charge in [-0.1, -0.05) is 31.9 Å². The minimum Gasteiger partial charge on any atom is -0.372 e. The number of hydrogen-bond acceptors (Lipinski definition) is 4. The fourth-order valence-corrected chi connectivity index (χ4v) is 5.22. The standard InChI is InChI=1S/C24H34N4O3/c1-18-8-4-5-13-24(18)22(30)28(23(31)25-24)17-21(29)26(2)16-19-9-11-20(12-10-19)27-14-6-3-7-15-27/h9-12,18H,3-8,13-17H2,1-2H3,(H,25,31). The number of amides is 4. The molecule has 4 amide bonds. The molecule has 3 aliphatic rings. The first-order valence-electron chi connectivity index (χ1n) is 11.6. The Morgan fingerprint density at radius 1 is 1.10 bits per heavy atom. The van der Waals surface area contributed by atoms with Gasteiger partial charge in [0.05, 0.1) is 0 Å². The van der Waals surface area contributed by atoms with Crippen LogP contribution in [-0.2, 0) is 16.1 Å². The number of rotatable bonds is 5. The fourth-order valence-electron chi connectivity index (χ4n) is 5.22. The highest BCUT2D eigenvalue weighted by Gasteiger charge is 2.55. The van der Waals surface area contributed by atoms with E-state index < -0.39 is 11.6 Å². The predicted molar refractivity (Wildman–Crippen MR) is 120 cm³/mol. The van der Waals surface area contributed by atoms with Gasteiger partial charge in [0.25, 0.3) is 5.91 Å². The number of carbonyl (C=O) groups excluding carboxylic acids is 3. The maximum absolute atomic E-state index is 13.1. The predicted octanol–water partition coefficient (Wildman–Crippen LogP) is 3.14. The van der Waals surface area contributed by atoms with E-state index in [4.69, 9.17) is 0 Å². The van der Waals surface area contributed by atoms with Crippen molar-refractivity contribution in [2.45, 2.75) is 64.0 Å². The normalized spacial score (nSPS) is 26.3. The average molecular weight is 427 g/mol. The molecule has 0 aromatic heterocycles. The third-order valence-electron chi connectivity index (χ3n) is 7.30. The van der Waals surface area contributed by atoms with Crippen molar-refractivity contribution in [3.05, 3.63) is 29.8 Å². The van der Waals surface area contributed by atoms with Crippen LogP contribution in [0.3, 0.4) is 0 Å². The van der Waals surface area contributed by atoms with Gasteiger partial charge in [-0.3, -0.25) is 14.5 Å². The van der Waals surface area contributed by atoms with Crippen molar-refractivity contribution in [1.82, 2.24) is 15.1 Å². The van der Waals surface area contributed by atoms with Crippen LogP contribution in [0.25, 0.3) is 0 Å². The molecule has 2 heterocycles. The number of urea groups is 1. The van der Waals surface area contributed by atoms with Crippen LogP contribution in [0.15, 0.2) is 24.3 Å². The topological polar surface area (TPSA) is 73.0 Å². The van der Waals surface area contributed by atoms with Crippen molar-refractivity contribution in [2.75, 3.05) is 31.6 Å². The summed E-state index contributed by atoms with van der Waals surface area (Å²) in [5.74, 6) is -0.379. The summed E-state index contributed by atoms with van der Waals surface area (Å²) in [6.07, 6.45) is 7.35. The summed E-state index contributed by atoms with van der Waals surface area (Å²) >= 11 is 0. The van der Waals surface area contributed by atoms with Gasteiger partial charge in [-0.25, -0.2) is 4.79 Å². The molecule has 1 aromatic carbocycles. The van der Waals surface area contributed by atoms with Crippen LogP contribution in [0.1, 0.15) is 57.4 Å². The van der Waals surface area contributed by atoms with E-state index in [2.05, 4.69) is 34.5 Å². The van der Waals surface area contributed by atoms with Crippen LogP contribution in [0, 0.1) is 5.92 Å². The zero-order chi connectivity index (χ0) is 22.0. The Balaban J connectivity index is 1.35. The van der Waals surface area contributed by atoms with Crippen LogP contribution >= 0.6 is 0 Å². The smallest absolute Gasteiger partial charge is 0.325 e. The second-order valence-electron chi connectivity index (χ2n) is 9.40. The molecule has 31 heavy (non-hydrogen) atoms. The summed E-state index contributed by atoms with van der Waals surface area (Å²) in [5, 5.41) is 2.91. The molecule has 2 saturated heterocycles. The molecule has 1 N–H and O–H groups in total. The summed E-state index contributed by atoms with van der Waals surface area (Å²) in [7, 11) is 1.72. The molecule has 7 nitrogen and oxygen atoms in total. The molecular formula is C24H34N4O3. The van der Waals surface area contributed by atoms with Crippen LogP contribution in [0.4, 0.5) is 10.5 Å². The van der Waals surface area contributed by atoms with Gasteiger partial charge in [0.15, 0.2) is 0 Å². The quantitative estimate of drug-likeness (QED) is 0.734. The molecule has 0 radical (unpaired) electrons. The summed E-state index contributed by atoms with van der Waals surface area (Å²) in [6, 6.07) is 7.90. The first kappa shape index (κ1) is 21.7. The monoisotopic (exact) mass is 426 g/mol. The molecular weight excluding hydrogens is 392 g/mol. The Kier molecular flexibility index (Phi) is 6.21. The molecule has 7 heteroatoms. The molecule has 2 unspecified atom stereocenters. The van der Waals surface area contributed by atoms with E-state index in [-0.39, 0.29) is 24.3 Å². The Labute approximate surface area is 184 Å². The fraction of sp³-hybridized carbons (Fsp3) is 0.625. The molecule has 168 valence electrons. The van der Waals surface area contributed by atoms with E-state index in [9.17, 15) is 14.4 Å². The van der Waals surface area contributed by atoms with Gasteiger partial charge in [-0.15, -0.1) is 0 Å². The maximum atomic E-state index is 13.1. The van der Waals surface area contributed by atoms with Crippen molar-refractivity contribution in [3.63, 3.8) is 0 Å². The van der Waals surface area contributed by atoms with Crippen molar-refractivity contribution < 1.29 is 14.4 Å². The summed E-state index contributed by atoms with van der Waals surface area (Å²) in [4.78, 5) is 43.5. The van der Waals surface area contributed by atoms with E-state index in [0.29, 0.717) is 13.0 Å². The van der Waals surface area contributed by atoms with Gasteiger partial charge in [0.2, 0.25) is 5.91 Å². The van der Waals surface area contributed by atoms with E-state index in [1.165, 1.54) is 24.9 Å². The van der Waals surface area contributed by atoms with E-state index in [1.807, 2.05) is 6.92 Å². The van der Waals surface area contributed by atoms with Crippen LogP contribution in [0.2, 0.25) is 0 Å². The minimum atomic E-state index is -0.821. The highest BCUT2D eigenvalue weighted by Crippen LogP contribution is 2.38. The largest absolute Gasteiger partial charge is 0.372 e. The van der Waals surface area contributed by atoms with Crippen LogP contribution < -0.4 is 10.2 Å². The molecule has 2 aliphatic heterocycles. The maximum Gasteiger partial charge on any atom is 0.325 e. The Bertz CT molecular complexity index is 834. The second-order valence-corrected chi connectivity index (χ2v) is 9.40. The number of carbonyl (C=O) groups is 3. The van der Waals surface area contributed by atoms with E-state index in [0.717, 1.165) is 42.8 Å². The van der Waals surface area contributed by atoms with Gasteiger partial charge in [-0.2, -0.15) is 0 Å². The second kappa shape index (κ2) is 8.89. The molecule has 1 spiro atoms. The molecule has 1 saturated carbocycles. The summed E-state index contributed by atoms with van der Waals surface area (Å²) in [5.41, 5.74) is 1.44. The molecule has 4 rings (SSSR count). The number of nitrogens with one attached hydrogen (secondary N) is 1.